The summed E-state index contributed by atoms with van der Waals surface area (Å²) in [5.74, 6) is 1.57. The van der Waals surface area contributed by atoms with E-state index < -0.39 is 0 Å². The third kappa shape index (κ3) is 2.67. The Hall–Kier alpha value is -3.08. The van der Waals surface area contributed by atoms with Crippen LogP contribution in [0, 0.1) is 6.92 Å². The number of methoxy groups -OCH3 is 1. The summed E-state index contributed by atoms with van der Waals surface area (Å²) in [7, 11) is 1.65. The van der Waals surface area contributed by atoms with Crippen molar-refractivity contribution in [1.82, 2.24) is 9.78 Å². The van der Waals surface area contributed by atoms with Crippen molar-refractivity contribution in [3.63, 3.8) is 0 Å². The Labute approximate surface area is 146 Å². The van der Waals surface area contributed by atoms with Crippen molar-refractivity contribution in [1.29, 1.82) is 0 Å². The first-order chi connectivity index (χ1) is 12.2. The Morgan fingerprint density at radius 2 is 1.84 bits per heavy atom. The third-order valence-corrected chi connectivity index (χ3v) is 4.62. The zero-order chi connectivity index (χ0) is 17.4. The van der Waals surface area contributed by atoms with E-state index in [9.17, 15) is 4.79 Å². The molecule has 5 heteroatoms. The van der Waals surface area contributed by atoms with Gasteiger partial charge < -0.3 is 10.1 Å². The van der Waals surface area contributed by atoms with Gasteiger partial charge in [-0.2, -0.15) is 5.10 Å². The van der Waals surface area contributed by atoms with Gasteiger partial charge >= 0.3 is 0 Å². The SMILES string of the molecule is COc1ccc([C@H]2CC(=O)Nc3c2c(C)nn3-c2ccccc2)cc1. The number of ether oxygens (including phenoxy) is 1. The maximum Gasteiger partial charge on any atom is 0.226 e. The lowest BCUT2D eigenvalue weighted by atomic mass is 9.86. The van der Waals surface area contributed by atoms with E-state index >= 15 is 0 Å². The molecule has 0 unspecified atom stereocenters. The molecule has 3 aromatic rings. The van der Waals surface area contributed by atoms with Crippen LogP contribution < -0.4 is 10.1 Å². The molecule has 0 saturated carbocycles. The molecule has 25 heavy (non-hydrogen) atoms. The minimum Gasteiger partial charge on any atom is -0.497 e. The zero-order valence-electron chi connectivity index (χ0n) is 14.2. The van der Waals surface area contributed by atoms with E-state index in [1.54, 1.807) is 7.11 Å². The lowest BCUT2D eigenvalue weighted by molar-refractivity contribution is -0.116. The zero-order valence-corrected chi connectivity index (χ0v) is 14.2. The highest BCUT2D eigenvalue weighted by molar-refractivity contribution is 5.95. The quantitative estimate of drug-likeness (QED) is 0.796. The number of hydrogen-bond donors (Lipinski definition) is 1. The molecule has 2 aromatic carbocycles. The van der Waals surface area contributed by atoms with Gasteiger partial charge in [-0.3, -0.25) is 4.79 Å². The second-order valence-corrected chi connectivity index (χ2v) is 6.17. The van der Waals surface area contributed by atoms with Crippen LogP contribution in [0.4, 0.5) is 5.82 Å². The van der Waals surface area contributed by atoms with Gasteiger partial charge in [0.05, 0.1) is 18.5 Å². The molecular formula is C20H19N3O2. The fourth-order valence-electron chi connectivity index (χ4n) is 3.42. The van der Waals surface area contributed by atoms with Gasteiger partial charge in [0.15, 0.2) is 0 Å². The molecule has 0 aliphatic carbocycles. The molecule has 4 rings (SSSR count). The number of rotatable bonds is 3. The second-order valence-electron chi connectivity index (χ2n) is 6.17. The highest BCUT2D eigenvalue weighted by atomic mass is 16.5. The van der Waals surface area contributed by atoms with Gasteiger partial charge in [0.1, 0.15) is 11.6 Å². The Bertz CT molecular complexity index is 914. The lowest BCUT2D eigenvalue weighted by Gasteiger charge is -2.24. The van der Waals surface area contributed by atoms with Crippen molar-refractivity contribution in [2.75, 3.05) is 12.4 Å². The summed E-state index contributed by atoms with van der Waals surface area (Å²) in [6.45, 7) is 1.99. The molecular weight excluding hydrogens is 314 g/mol. The number of amides is 1. The average Bonchev–Trinajstić information content (AvgIpc) is 2.98. The molecule has 1 atom stereocenters. The molecule has 2 heterocycles. The highest BCUT2D eigenvalue weighted by Gasteiger charge is 2.32. The van der Waals surface area contributed by atoms with Gasteiger partial charge in [-0.25, -0.2) is 4.68 Å². The average molecular weight is 333 g/mol. The first-order valence-corrected chi connectivity index (χ1v) is 8.26. The number of aryl methyl sites for hydroxylation is 1. The lowest BCUT2D eigenvalue weighted by Crippen LogP contribution is -2.24. The highest BCUT2D eigenvalue weighted by Crippen LogP contribution is 2.40. The van der Waals surface area contributed by atoms with Crippen molar-refractivity contribution in [2.45, 2.75) is 19.3 Å². The van der Waals surface area contributed by atoms with E-state index in [2.05, 4.69) is 10.4 Å². The topological polar surface area (TPSA) is 56.1 Å². The molecule has 1 aliphatic rings. The number of benzene rings is 2. The number of carbonyl (C=O) groups is 1. The maximum absolute atomic E-state index is 12.3. The van der Waals surface area contributed by atoms with Crippen LogP contribution in [0.15, 0.2) is 54.6 Å². The predicted octanol–water partition coefficient (Wildman–Crippen LogP) is 3.66. The van der Waals surface area contributed by atoms with E-state index in [-0.39, 0.29) is 11.8 Å². The van der Waals surface area contributed by atoms with Gasteiger partial charge in [0.2, 0.25) is 5.91 Å². The van der Waals surface area contributed by atoms with Crippen LogP contribution in [0.1, 0.15) is 29.2 Å². The van der Waals surface area contributed by atoms with E-state index in [1.165, 1.54) is 0 Å². The summed E-state index contributed by atoms with van der Waals surface area (Å²) < 4.78 is 7.05. The number of para-hydroxylation sites is 1. The summed E-state index contributed by atoms with van der Waals surface area (Å²) in [6.07, 6.45) is 0.417. The Morgan fingerprint density at radius 3 is 2.52 bits per heavy atom. The Balaban J connectivity index is 1.83. The fraction of sp³-hybridized carbons (Fsp3) is 0.200. The first kappa shape index (κ1) is 15.4. The van der Waals surface area contributed by atoms with Crippen molar-refractivity contribution < 1.29 is 9.53 Å². The van der Waals surface area contributed by atoms with Crippen LogP contribution in [-0.4, -0.2) is 22.8 Å². The third-order valence-electron chi connectivity index (χ3n) is 4.62. The number of aromatic nitrogens is 2. The summed E-state index contributed by atoms with van der Waals surface area (Å²) >= 11 is 0. The summed E-state index contributed by atoms with van der Waals surface area (Å²) in [4.78, 5) is 12.3. The van der Waals surface area contributed by atoms with Crippen LogP contribution in [0.5, 0.6) is 5.75 Å². The molecule has 0 saturated heterocycles. The Morgan fingerprint density at radius 1 is 1.12 bits per heavy atom. The van der Waals surface area contributed by atoms with Crippen molar-refractivity contribution >= 4 is 11.7 Å². The second kappa shape index (κ2) is 6.09. The van der Waals surface area contributed by atoms with Crippen molar-refractivity contribution in [3.05, 3.63) is 71.4 Å². The smallest absolute Gasteiger partial charge is 0.226 e. The molecule has 5 nitrogen and oxygen atoms in total. The van der Waals surface area contributed by atoms with Crippen LogP contribution in [0.3, 0.4) is 0 Å². The molecule has 0 radical (unpaired) electrons. The van der Waals surface area contributed by atoms with E-state index in [0.29, 0.717) is 6.42 Å². The van der Waals surface area contributed by atoms with Crippen molar-refractivity contribution in [2.24, 2.45) is 0 Å². The number of fused-ring (bicyclic) bond motifs is 1. The van der Waals surface area contributed by atoms with Gasteiger partial charge in [0.25, 0.3) is 0 Å². The number of anilines is 1. The van der Waals surface area contributed by atoms with E-state index in [0.717, 1.165) is 34.1 Å². The molecule has 0 bridgehead atoms. The van der Waals surface area contributed by atoms with Crippen LogP contribution in [-0.2, 0) is 4.79 Å². The monoisotopic (exact) mass is 333 g/mol. The molecule has 1 aliphatic heterocycles. The molecule has 1 amide bonds. The first-order valence-electron chi connectivity index (χ1n) is 8.26. The van der Waals surface area contributed by atoms with Gasteiger partial charge in [-0.1, -0.05) is 30.3 Å². The van der Waals surface area contributed by atoms with E-state index in [4.69, 9.17) is 4.74 Å². The van der Waals surface area contributed by atoms with Gasteiger partial charge in [0, 0.05) is 17.9 Å². The summed E-state index contributed by atoms with van der Waals surface area (Å²) in [5, 5.41) is 7.69. The molecule has 0 fully saturated rings. The van der Waals surface area contributed by atoms with Crippen molar-refractivity contribution in [3.8, 4) is 11.4 Å². The van der Waals surface area contributed by atoms with Crippen LogP contribution in [0.25, 0.3) is 5.69 Å². The minimum atomic E-state index is -0.00730. The largest absolute Gasteiger partial charge is 0.497 e. The molecule has 0 spiro atoms. The normalized spacial score (nSPS) is 16.2. The molecule has 1 N–H and O–H groups in total. The fourth-order valence-corrected chi connectivity index (χ4v) is 3.42. The van der Waals surface area contributed by atoms with Gasteiger partial charge in [-0.15, -0.1) is 0 Å². The predicted molar refractivity (Wildman–Crippen MR) is 96.4 cm³/mol. The number of nitrogens with one attached hydrogen (secondary N) is 1. The van der Waals surface area contributed by atoms with Crippen LogP contribution >= 0.6 is 0 Å². The van der Waals surface area contributed by atoms with Crippen LogP contribution in [0.2, 0.25) is 0 Å². The minimum absolute atomic E-state index is 0.00500. The summed E-state index contributed by atoms with van der Waals surface area (Å²) in [5.41, 5.74) is 4.03. The number of nitrogens with zero attached hydrogens (tertiary/aromatic N) is 2. The number of carbonyl (C=O) groups excluding carboxylic acids is 1. The van der Waals surface area contributed by atoms with E-state index in [1.807, 2.05) is 66.2 Å². The molecule has 1 aromatic heterocycles. The Kier molecular flexibility index (Phi) is 3.76. The standard InChI is InChI=1S/C20H19N3O2/c1-13-19-17(14-8-10-16(25-2)11-9-14)12-18(24)21-20(19)23(22-13)15-6-4-3-5-7-15/h3-11,17H,12H2,1-2H3,(H,21,24)/t17-/m1/s1. The van der Waals surface area contributed by atoms with Gasteiger partial charge in [-0.05, 0) is 36.8 Å². The number of hydrogen-bond acceptors (Lipinski definition) is 3. The summed E-state index contributed by atoms with van der Waals surface area (Å²) in [6, 6.07) is 17.7. The maximum atomic E-state index is 12.3. The molecule has 126 valence electrons.